The summed E-state index contributed by atoms with van der Waals surface area (Å²) >= 11 is 1.43. The molecule has 0 saturated carbocycles. The van der Waals surface area contributed by atoms with Crippen molar-refractivity contribution < 1.29 is 9.53 Å². The number of thiazole rings is 1. The average molecular weight is 410 g/mol. The highest BCUT2D eigenvalue weighted by atomic mass is 32.1. The molecule has 3 aromatic rings. The Morgan fingerprint density at radius 2 is 2.07 bits per heavy atom. The second-order valence-corrected chi connectivity index (χ2v) is 7.98. The van der Waals surface area contributed by atoms with Crippen LogP contribution in [0.5, 0.6) is 5.75 Å². The highest BCUT2D eigenvalue weighted by Crippen LogP contribution is 2.18. The molecule has 1 atom stereocenters. The Kier molecular flexibility index (Phi) is 6.00. The molecular weight excluding hydrogens is 386 g/mol. The zero-order chi connectivity index (χ0) is 20.1. The lowest BCUT2D eigenvalue weighted by molar-refractivity contribution is 0.0928. The highest BCUT2D eigenvalue weighted by Gasteiger charge is 2.24. The topological polar surface area (TPSA) is 80.2 Å². The summed E-state index contributed by atoms with van der Waals surface area (Å²) in [6.07, 6.45) is 5.39. The lowest BCUT2D eigenvalue weighted by Gasteiger charge is -2.32. The van der Waals surface area contributed by atoms with Gasteiger partial charge >= 0.3 is 0 Å². The smallest absolute Gasteiger partial charge is 0.271 e. The molecule has 1 N–H and O–H groups in total. The number of anilines is 1. The third kappa shape index (κ3) is 5.08. The number of rotatable bonds is 6. The van der Waals surface area contributed by atoms with Gasteiger partial charge in [-0.2, -0.15) is 0 Å². The summed E-state index contributed by atoms with van der Waals surface area (Å²) < 4.78 is 5.75. The van der Waals surface area contributed by atoms with Gasteiger partial charge in [0.25, 0.3) is 5.91 Å². The Balaban J connectivity index is 1.31. The SMILES string of the molecule is Cc1ccc(OCc2nc(C(=O)N[C@@H]3CCCN(c4ncccn4)C3)cs2)cc1. The lowest BCUT2D eigenvalue weighted by atomic mass is 10.1. The van der Waals surface area contributed by atoms with Crippen LogP contribution < -0.4 is 15.0 Å². The van der Waals surface area contributed by atoms with E-state index in [1.54, 1.807) is 23.8 Å². The third-order valence-electron chi connectivity index (χ3n) is 4.76. The van der Waals surface area contributed by atoms with Gasteiger partial charge in [0.1, 0.15) is 23.1 Å². The first-order valence-electron chi connectivity index (χ1n) is 9.64. The molecule has 3 heterocycles. The van der Waals surface area contributed by atoms with Gasteiger partial charge in [0.05, 0.1) is 0 Å². The predicted molar refractivity (Wildman–Crippen MR) is 112 cm³/mol. The number of piperidine rings is 1. The van der Waals surface area contributed by atoms with Crippen LogP contribution in [0.1, 0.15) is 33.9 Å². The van der Waals surface area contributed by atoms with Crippen LogP contribution in [-0.2, 0) is 6.61 Å². The van der Waals surface area contributed by atoms with Crippen molar-refractivity contribution in [3.8, 4) is 5.75 Å². The zero-order valence-electron chi connectivity index (χ0n) is 16.2. The minimum absolute atomic E-state index is 0.0500. The van der Waals surface area contributed by atoms with Crippen molar-refractivity contribution in [3.05, 3.63) is 64.4 Å². The number of ether oxygens (including phenoxy) is 1. The number of nitrogens with zero attached hydrogens (tertiary/aromatic N) is 4. The molecule has 8 heteroatoms. The van der Waals surface area contributed by atoms with Gasteiger partial charge in [-0.25, -0.2) is 15.0 Å². The van der Waals surface area contributed by atoms with Gasteiger partial charge < -0.3 is 15.0 Å². The van der Waals surface area contributed by atoms with Crippen LogP contribution in [0.2, 0.25) is 0 Å². The summed E-state index contributed by atoms with van der Waals surface area (Å²) in [6.45, 7) is 3.98. The number of aryl methyl sites for hydroxylation is 1. The molecule has 2 aromatic heterocycles. The predicted octanol–water partition coefficient (Wildman–Crippen LogP) is 3.22. The van der Waals surface area contributed by atoms with Crippen molar-refractivity contribution >= 4 is 23.2 Å². The number of amides is 1. The average Bonchev–Trinajstić information content (AvgIpc) is 3.23. The van der Waals surface area contributed by atoms with Gasteiger partial charge in [-0.05, 0) is 38.0 Å². The van der Waals surface area contributed by atoms with Crippen LogP contribution in [0, 0.1) is 6.92 Å². The molecule has 0 unspecified atom stereocenters. The Hall–Kier alpha value is -3.00. The van der Waals surface area contributed by atoms with E-state index in [4.69, 9.17) is 4.74 Å². The van der Waals surface area contributed by atoms with Crippen molar-refractivity contribution in [3.63, 3.8) is 0 Å². The van der Waals surface area contributed by atoms with E-state index in [1.165, 1.54) is 16.9 Å². The van der Waals surface area contributed by atoms with E-state index in [2.05, 4.69) is 25.2 Å². The number of benzene rings is 1. The summed E-state index contributed by atoms with van der Waals surface area (Å²) in [5.41, 5.74) is 1.62. The van der Waals surface area contributed by atoms with E-state index in [0.717, 1.165) is 30.1 Å². The van der Waals surface area contributed by atoms with Gasteiger partial charge in [0.2, 0.25) is 5.95 Å². The largest absolute Gasteiger partial charge is 0.486 e. The van der Waals surface area contributed by atoms with Crippen LogP contribution >= 0.6 is 11.3 Å². The number of carbonyl (C=O) groups is 1. The van der Waals surface area contributed by atoms with Crippen molar-refractivity contribution in [1.82, 2.24) is 20.3 Å². The molecule has 0 bridgehead atoms. The maximum Gasteiger partial charge on any atom is 0.271 e. The van der Waals surface area contributed by atoms with Crippen LogP contribution in [0.25, 0.3) is 0 Å². The quantitative estimate of drug-likeness (QED) is 0.673. The Morgan fingerprint density at radius 3 is 2.86 bits per heavy atom. The number of carbonyl (C=O) groups excluding carboxylic acids is 1. The van der Waals surface area contributed by atoms with Crippen LogP contribution in [0.3, 0.4) is 0 Å². The molecule has 1 fully saturated rings. The molecule has 1 saturated heterocycles. The van der Waals surface area contributed by atoms with E-state index in [9.17, 15) is 4.79 Å². The van der Waals surface area contributed by atoms with Crippen LogP contribution in [0.15, 0.2) is 48.1 Å². The number of aromatic nitrogens is 3. The van der Waals surface area contributed by atoms with E-state index in [0.29, 0.717) is 24.8 Å². The first-order chi connectivity index (χ1) is 14.2. The van der Waals surface area contributed by atoms with Gasteiger partial charge in [-0.3, -0.25) is 4.79 Å². The van der Waals surface area contributed by atoms with Gasteiger partial charge in [-0.1, -0.05) is 17.7 Å². The maximum atomic E-state index is 12.6. The number of hydrogen-bond donors (Lipinski definition) is 1. The molecule has 4 rings (SSSR count). The van der Waals surface area contributed by atoms with E-state index < -0.39 is 0 Å². The van der Waals surface area contributed by atoms with E-state index >= 15 is 0 Å². The third-order valence-corrected chi connectivity index (χ3v) is 5.58. The normalized spacial score (nSPS) is 16.4. The van der Waals surface area contributed by atoms with Crippen LogP contribution in [0.4, 0.5) is 5.95 Å². The minimum Gasteiger partial charge on any atom is -0.486 e. The Morgan fingerprint density at radius 1 is 1.28 bits per heavy atom. The fraction of sp³-hybridized carbons (Fsp3) is 0.333. The summed E-state index contributed by atoms with van der Waals surface area (Å²) in [4.78, 5) is 27.8. The van der Waals surface area contributed by atoms with Gasteiger partial charge in [0.15, 0.2) is 0 Å². The second kappa shape index (κ2) is 9.00. The van der Waals surface area contributed by atoms with E-state index in [1.807, 2.05) is 31.2 Å². The molecule has 1 amide bonds. The monoisotopic (exact) mass is 409 g/mol. The fourth-order valence-electron chi connectivity index (χ4n) is 3.25. The molecular formula is C21H23N5O2S. The molecule has 0 spiro atoms. The van der Waals surface area contributed by atoms with E-state index in [-0.39, 0.29) is 11.9 Å². The van der Waals surface area contributed by atoms with Crippen molar-refractivity contribution in [2.24, 2.45) is 0 Å². The highest BCUT2D eigenvalue weighted by molar-refractivity contribution is 7.09. The molecule has 1 aliphatic rings. The summed E-state index contributed by atoms with van der Waals surface area (Å²) in [5, 5.41) is 5.65. The minimum atomic E-state index is -0.149. The van der Waals surface area contributed by atoms with Gasteiger partial charge in [-0.15, -0.1) is 11.3 Å². The lowest BCUT2D eigenvalue weighted by Crippen LogP contribution is -2.48. The first-order valence-corrected chi connectivity index (χ1v) is 10.5. The molecule has 0 aliphatic carbocycles. The fourth-order valence-corrected chi connectivity index (χ4v) is 3.94. The van der Waals surface area contributed by atoms with Crippen LogP contribution in [-0.4, -0.2) is 40.0 Å². The standard InChI is InChI=1S/C21H23N5O2S/c1-15-5-7-17(8-6-15)28-13-19-25-18(14-29-19)20(27)24-16-4-2-11-26(12-16)21-22-9-3-10-23-21/h3,5-10,14,16H,2,4,11-13H2,1H3,(H,24,27)/t16-/m1/s1. The summed E-state index contributed by atoms with van der Waals surface area (Å²) in [6, 6.07) is 9.72. The molecule has 1 aliphatic heterocycles. The van der Waals surface area contributed by atoms with Crippen molar-refractivity contribution in [1.29, 1.82) is 0 Å². The zero-order valence-corrected chi connectivity index (χ0v) is 17.1. The van der Waals surface area contributed by atoms with Gasteiger partial charge in [0, 0.05) is 36.9 Å². The molecule has 1 aromatic carbocycles. The molecule has 7 nitrogen and oxygen atoms in total. The molecule has 150 valence electrons. The Labute approximate surface area is 173 Å². The Bertz CT molecular complexity index is 945. The summed E-state index contributed by atoms with van der Waals surface area (Å²) in [5.74, 6) is 1.35. The second-order valence-electron chi connectivity index (χ2n) is 7.04. The maximum absolute atomic E-state index is 12.6. The molecule has 29 heavy (non-hydrogen) atoms. The van der Waals surface area contributed by atoms with Crippen molar-refractivity contribution in [2.45, 2.75) is 32.4 Å². The number of hydrogen-bond acceptors (Lipinski definition) is 7. The molecule has 0 radical (unpaired) electrons. The van der Waals surface area contributed by atoms with Crippen molar-refractivity contribution in [2.75, 3.05) is 18.0 Å². The number of nitrogens with one attached hydrogen (secondary N) is 1. The summed E-state index contributed by atoms with van der Waals surface area (Å²) in [7, 11) is 0. The first kappa shape index (κ1) is 19.3.